The molecule has 26 heavy (non-hydrogen) atoms. The Bertz CT molecular complexity index is 970. The number of fused-ring (bicyclic) bond motifs is 1. The molecule has 136 valence electrons. The minimum atomic E-state index is -0.0817. The molecule has 0 radical (unpaired) electrons. The van der Waals surface area contributed by atoms with E-state index < -0.39 is 0 Å². The zero-order valence-electron chi connectivity index (χ0n) is 16.1. The van der Waals surface area contributed by atoms with E-state index in [1.165, 1.54) is 5.56 Å². The highest BCUT2D eigenvalue weighted by Crippen LogP contribution is 2.30. The quantitative estimate of drug-likeness (QED) is 0.684. The molecule has 1 aromatic heterocycles. The number of nitrogens with zero attached hydrogens (tertiary/aromatic N) is 1. The third-order valence-electron chi connectivity index (χ3n) is 4.90. The standard InChI is InChI=1S/C22H26N2O2/c1-6-24-20-11-10-18(26-7-2)13-19(20)16(5)21(24)22(25)23-17-9-8-14(3)15(4)12-17/h8-13H,6-7H2,1-5H3,(H,23,25). The average Bonchev–Trinajstić information content (AvgIpc) is 2.90. The fraction of sp³-hybridized carbons (Fsp3) is 0.318. The normalized spacial score (nSPS) is 11.0. The van der Waals surface area contributed by atoms with Crippen molar-refractivity contribution in [2.45, 2.75) is 41.2 Å². The minimum absolute atomic E-state index is 0.0817. The number of rotatable bonds is 5. The van der Waals surface area contributed by atoms with Crippen LogP contribution in [0.5, 0.6) is 5.75 Å². The number of carbonyl (C=O) groups is 1. The van der Waals surface area contributed by atoms with Crippen LogP contribution < -0.4 is 10.1 Å². The van der Waals surface area contributed by atoms with Crippen LogP contribution in [-0.4, -0.2) is 17.1 Å². The van der Waals surface area contributed by atoms with Gasteiger partial charge >= 0.3 is 0 Å². The average molecular weight is 350 g/mol. The van der Waals surface area contributed by atoms with Gasteiger partial charge in [-0.15, -0.1) is 0 Å². The topological polar surface area (TPSA) is 43.3 Å². The lowest BCUT2D eigenvalue weighted by molar-refractivity contribution is 0.101. The second kappa shape index (κ2) is 7.24. The van der Waals surface area contributed by atoms with Crippen molar-refractivity contribution in [3.8, 4) is 5.75 Å². The molecule has 0 spiro atoms. The molecule has 1 amide bonds. The van der Waals surface area contributed by atoms with E-state index >= 15 is 0 Å². The van der Waals surface area contributed by atoms with Crippen molar-refractivity contribution in [3.05, 3.63) is 58.8 Å². The molecule has 4 heteroatoms. The number of aromatic nitrogens is 1. The molecule has 0 saturated carbocycles. The molecule has 0 fully saturated rings. The number of aryl methyl sites for hydroxylation is 4. The number of hydrogen-bond donors (Lipinski definition) is 1. The number of ether oxygens (including phenoxy) is 1. The molecule has 0 aliphatic rings. The van der Waals surface area contributed by atoms with Crippen molar-refractivity contribution >= 4 is 22.5 Å². The van der Waals surface area contributed by atoms with Gasteiger partial charge in [-0.05, 0) is 81.6 Å². The number of anilines is 1. The van der Waals surface area contributed by atoms with Crippen LogP contribution in [-0.2, 0) is 6.54 Å². The first kappa shape index (κ1) is 18.1. The van der Waals surface area contributed by atoms with E-state index in [-0.39, 0.29) is 5.91 Å². The predicted octanol–water partition coefficient (Wildman–Crippen LogP) is 5.24. The fourth-order valence-corrected chi connectivity index (χ4v) is 3.39. The van der Waals surface area contributed by atoms with Crippen LogP contribution >= 0.6 is 0 Å². The van der Waals surface area contributed by atoms with Gasteiger partial charge in [-0.1, -0.05) is 6.07 Å². The number of benzene rings is 2. The molecule has 0 atom stereocenters. The Hall–Kier alpha value is -2.75. The zero-order valence-corrected chi connectivity index (χ0v) is 16.1. The Morgan fingerprint density at radius 1 is 1.04 bits per heavy atom. The van der Waals surface area contributed by atoms with E-state index in [1.807, 2.05) is 50.2 Å². The van der Waals surface area contributed by atoms with E-state index in [0.717, 1.165) is 40.0 Å². The third kappa shape index (κ3) is 3.19. The summed E-state index contributed by atoms with van der Waals surface area (Å²) in [6, 6.07) is 12.0. The Balaban J connectivity index is 2.03. The van der Waals surface area contributed by atoms with Crippen molar-refractivity contribution in [1.29, 1.82) is 0 Å². The summed E-state index contributed by atoms with van der Waals surface area (Å²) < 4.78 is 7.69. The van der Waals surface area contributed by atoms with E-state index in [0.29, 0.717) is 12.3 Å². The van der Waals surface area contributed by atoms with Crippen LogP contribution in [0.15, 0.2) is 36.4 Å². The lowest BCUT2D eigenvalue weighted by Crippen LogP contribution is -2.18. The molecule has 1 N–H and O–H groups in total. The predicted molar refractivity (Wildman–Crippen MR) is 107 cm³/mol. The molecule has 0 unspecified atom stereocenters. The van der Waals surface area contributed by atoms with Gasteiger partial charge in [0.2, 0.25) is 0 Å². The molecule has 0 saturated heterocycles. The van der Waals surface area contributed by atoms with E-state index in [1.54, 1.807) is 0 Å². The van der Waals surface area contributed by atoms with Crippen molar-refractivity contribution in [3.63, 3.8) is 0 Å². The molecule has 2 aromatic carbocycles. The lowest BCUT2D eigenvalue weighted by Gasteiger charge is -2.11. The van der Waals surface area contributed by atoms with E-state index in [2.05, 4.69) is 30.7 Å². The summed E-state index contributed by atoms with van der Waals surface area (Å²) in [5.41, 5.74) is 5.93. The highest BCUT2D eigenvalue weighted by Gasteiger charge is 2.20. The number of hydrogen-bond acceptors (Lipinski definition) is 2. The van der Waals surface area contributed by atoms with Crippen LogP contribution in [0, 0.1) is 20.8 Å². The Labute approximate surface area is 154 Å². The SMILES string of the molecule is CCOc1ccc2c(c1)c(C)c(C(=O)Nc1ccc(C)c(C)c1)n2CC. The van der Waals surface area contributed by atoms with Gasteiger partial charge in [0.15, 0.2) is 0 Å². The monoisotopic (exact) mass is 350 g/mol. The summed E-state index contributed by atoms with van der Waals surface area (Å²) in [6.45, 7) is 11.5. The summed E-state index contributed by atoms with van der Waals surface area (Å²) in [6.07, 6.45) is 0. The lowest BCUT2D eigenvalue weighted by atomic mass is 10.1. The van der Waals surface area contributed by atoms with Gasteiger partial charge < -0.3 is 14.6 Å². The highest BCUT2D eigenvalue weighted by atomic mass is 16.5. The summed E-state index contributed by atoms with van der Waals surface area (Å²) in [5, 5.41) is 4.11. The van der Waals surface area contributed by atoms with Crippen molar-refractivity contribution in [1.82, 2.24) is 4.57 Å². The summed E-state index contributed by atoms with van der Waals surface area (Å²) in [7, 11) is 0. The first-order chi connectivity index (χ1) is 12.5. The van der Waals surface area contributed by atoms with Crippen LogP contribution in [0.1, 0.15) is 41.0 Å². The van der Waals surface area contributed by atoms with Gasteiger partial charge in [0.25, 0.3) is 5.91 Å². The van der Waals surface area contributed by atoms with Crippen molar-refractivity contribution in [2.24, 2.45) is 0 Å². The smallest absolute Gasteiger partial charge is 0.272 e. The first-order valence-electron chi connectivity index (χ1n) is 9.10. The molecule has 0 aliphatic carbocycles. The van der Waals surface area contributed by atoms with Gasteiger partial charge in [-0.3, -0.25) is 4.79 Å². The molecule has 1 heterocycles. The van der Waals surface area contributed by atoms with Crippen LogP contribution in [0.2, 0.25) is 0 Å². The fourth-order valence-electron chi connectivity index (χ4n) is 3.39. The summed E-state index contributed by atoms with van der Waals surface area (Å²) in [4.78, 5) is 13.0. The molecular weight excluding hydrogens is 324 g/mol. The van der Waals surface area contributed by atoms with Crippen molar-refractivity contribution in [2.75, 3.05) is 11.9 Å². The molecule has 4 nitrogen and oxygen atoms in total. The Morgan fingerprint density at radius 2 is 1.81 bits per heavy atom. The summed E-state index contributed by atoms with van der Waals surface area (Å²) >= 11 is 0. The third-order valence-corrected chi connectivity index (χ3v) is 4.90. The highest BCUT2D eigenvalue weighted by molar-refractivity contribution is 6.08. The second-order valence-corrected chi connectivity index (χ2v) is 6.58. The van der Waals surface area contributed by atoms with Crippen molar-refractivity contribution < 1.29 is 9.53 Å². The van der Waals surface area contributed by atoms with Gasteiger partial charge in [-0.25, -0.2) is 0 Å². The maximum atomic E-state index is 13.0. The van der Waals surface area contributed by atoms with Gasteiger partial charge in [0, 0.05) is 23.1 Å². The number of carbonyl (C=O) groups excluding carboxylic acids is 1. The van der Waals surface area contributed by atoms with Gasteiger partial charge in [0.05, 0.1) is 6.61 Å². The van der Waals surface area contributed by atoms with Gasteiger partial charge in [0.1, 0.15) is 11.4 Å². The van der Waals surface area contributed by atoms with E-state index in [4.69, 9.17) is 4.74 Å². The Morgan fingerprint density at radius 3 is 2.46 bits per heavy atom. The van der Waals surface area contributed by atoms with E-state index in [9.17, 15) is 4.79 Å². The zero-order chi connectivity index (χ0) is 18.8. The molecule has 0 bridgehead atoms. The maximum Gasteiger partial charge on any atom is 0.272 e. The maximum absolute atomic E-state index is 13.0. The first-order valence-corrected chi connectivity index (χ1v) is 9.10. The number of nitrogens with one attached hydrogen (secondary N) is 1. The molecule has 3 rings (SSSR count). The Kier molecular flexibility index (Phi) is 5.03. The van der Waals surface area contributed by atoms with Crippen LogP contribution in [0.4, 0.5) is 5.69 Å². The summed E-state index contributed by atoms with van der Waals surface area (Å²) in [5.74, 6) is 0.749. The minimum Gasteiger partial charge on any atom is -0.494 e. The van der Waals surface area contributed by atoms with Gasteiger partial charge in [-0.2, -0.15) is 0 Å². The number of amides is 1. The van der Waals surface area contributed by atoms with Crippen LogP contribution in [0.3, 0.4) is 0 Å². The molecule has 0 aliphatic heterocycles. The second-order valence-electron chi connectivity index (χ2n) is 6.58. The largest absolute Gasteiger partial charge is 0.494 e. The van der Waals surface area contributed by atoms with Crippen LogP contribution in [0.25, 0.3) is 10.9 Å². The molecule has 3 aromatic rings. The molecular formula is C22H26N2O2.